The number of fused-ring (bicyclic) bond motifs is 14. The van der Waals surface area contributed by atoms with Crippen LogP contribution < -0.4 is 20.7 Å². The number of carbonyl (C=O) groups excluding carboxylic acids is 7. The maximum Gasteiger partial charge on any atom is 0.407 e. The lowest BCUT2D eigenvalue weighted by Gasteiger charge is -2.50. The number of ether oxygens (including phenoxy) is 13. The Morgan fingerprint density at radius 2 is 1.35 bits per heavy atom. The Labute approximate surface area is 663 Å². The van der Waals surface area contributed by atoms with Crippen molar-refractivity contribution in [1.29, 1.82) is 0 Å². The number of aliphatic hydroxyl groups is 5. The fourth-order valence-electron chi connectivity index (χ4n) is 17.1. The van der Waals surface area contributed by atoms with Crippen LogP contribution in [0.4, 0.5) is 9.59 Å². The van der Waals surface area contributed by atoms with Crippen LogP contribution in [0.25, 0.3) is 5.57 Å². The zero-order valence-electron chi connectivity index (χ0n) is 69.7. The van der Waals surface area contributed by atoms with Gasteiger partial charge in [-0.25, -0.2) is 9.59 Å². The van der Waals surface area contributed by atoms with E-state index < -0.39 is 203 Å². The number of carbonyl (C=O) groups is 7. The molecule has 31 heteroatoms. The number of alkyl carbamates (subject to hydrolysis) is 2. The summed E-state index contributed by atoms with van der Waals surface area (Å²) in [5, 5.41) is 79.6. The third-order valence-corrected chi connectivity index (χ3v) is 24.5. The Morgan fingerprint density at radius 3 is 1.96 bits per heavy atom. The molecule has 4 fully saturated rings. The number of morpholine rings is 1. The number of amides is 3. The van der Waals surface area contributed by atoms with E-state index in [1.54, 1.807) is 93.2 Å². The highest BCUT2D eigenvalue weighted by Crippen LogP contribution is 2.54. The van der Waals surface area contributed by atoms with Crippen LogP contribution in [0.3, 0.4) is 0 Å². The van der Waals surface area contributed by atoms with Gasteiger partial charge in [-0.1, -0.05) is 80.2 Å². The van der Waals surface area contributed by atoms with Crippen molar-refractivity contribution >= 4 is 47.0 Å². The van der Waals surface area contributed by atoms with Gasteiger partial charge in [-0.3, -0.25) is 24.0 Å². The largest absolute Gasteiger partial charge is 0.507 e. The summed E-state index contributed by atoms with van der Waals surface area (Å²) in [7, 11) is 7.97. The first-order valence-corrected chi connectivity index (χ1v) is 39.3. The summed E-state index contributed by atoms with van der Waals surface area (Å²) < 4.78 is 82.2. The zero-order valence-corrected chi connectivity index (χ0v) is 69.7. The molecule has 31 nitrogen and oxygen atoms in total. The van der Waals surface area contributed by atoms with E-state index in [1.165, 1.54) is 74.4 Å². The average Bonchev–Trinajstić information content (AvgIpc) is 1.61. The van der Waals surface area contributed by atoms with Gasteiger partial charge in [-0.05, 0) is 94.8 Å². The predicted octanol–water partition coefficient (Wildman–Crippen LogP) is 6.47. The molecule has 7 heterocycles. The first-order chi connectivity index (χ1) is 52.9. The van der Waals surface area contributed by atoms with E-state index in [0.29, 0.717) is 6.42 Å². The van der Waals surface area contributed by atoms with Crippen LogP contribution in [0, 0.1) is 54.3 Å². The van der Waals surface area contributed by atoms with Gasteiger partial charge in [0.2, 0.25) is 11.6 Å². The second kappa shape index (κ2) is 37.5. The van der Waals surface area contributed by atoms with Crippen LogP contribution in [-0.4, -0.2) is 271 Å². The molecular weight excluding hydrogens is 1470 g/mol. The molecule has 9 N–H and O–H groups in total. The summed E-state index contributed by atoms with van der Waals surface area (Å²) in [4.78, 5) is 105. The lowest BCUT2D eigenvalue weighted by Crippen LogP contribution is -2.62. The molecule has 113 heavy (non-hydrogen) atoms. The Hall–Kier alpha value is -6.95. The number of aromatic hydroxyl groups is 1. The number of cyclic esters (lactones) is 1. The van der Waals surface area contributed by atoms with Gasteiger partial charge in [0, 0.05) is 131 Å². The summed E-state index contributed by atoms with van der Waals surface area (Å²) in [6.07, 6.45) is -10.1. The number of likely N-dealkylation sites (N-methyl/N-ethyl adjacent to an activating group) is 1. The molecule has 4 saturated heterocycles. The summed E-state index contributed by atoms with van der Waals surface area (Å²) in [6, 6.07) is -0.394. The second-order valence-electron chi connectivity index (χ2n) is 32.9. The number of nitrogens with one attached hydrogen (secondary N) is 3. The number of ketones is 3. The Balaban J connectivity index is 0.999. The number of hydrogen-bond acceptors (Lipinski definition) is 28. The number of benzene rings is 1. The van der Waals surface area contributed by atoms with E-state index in [9.17, 15) is 59.4 Å². The molecule has 7 aliphatic heterocycles. The van der Waals surface area contributed by atoms with Crippen LogP contribution in [0.5, 0.6) is 11.5 Å². The average molecular weight is 1600 g/mol. The van der Waals surface area contributed by atoms with E-state index >= 15 is 4.79 Å². The number of esters is 1. The molecule has 9 rings (SSSR count). The van der Waals surface area contributed by atoms with Gasteiger partial charge in [0.05, 0.1) is 91.0 Å². The maximum atomic E-state index is 15.1. The number of hydrogen-bond donors (Lipinski definition) is 9. The van der Waals surface area contributed by atoms with E-state index in [-0.39, 0.29) is 115 Å². The van der Waals surface area contributed by atoms with Crippen molar-refractivity contribution in [2.24, 2.45) is 47.3 Å². The molecule has 0 radical (unpaired) electrons. The molecule has 3 amide bonds. The molecule has 1 aromatic carbocycles. The number of rotatable bonds is 15. The topological polar surface area (TPSA) is 403 Å². The lowest BCUT2D eigenvalue weighted by atomic mass is 9.74. The van der Waals surface area contributed by atoms with Gasteiger partial charge < -0.3 is 118 Å². The third kappa shape index (κ3) is 19.4. The fraction of sp³-hybridized carbons (Fsp3) is 0.720. The van der Waals surface area contributed by atoms with Crippen LogP contribution in [-0.2, 0) is 71.2 Å². The van der Waals surface area contributed by atoms with E-state index in [4.69, 9.17) is 61.6 Å². The van der Waals surface area contributed by atoms with Crippen molar-refractivity contribution in [3.8, 4) is 11.5 Å². The molecule has 0 saturated carbocycles. The summed E-state index contributed by atoms with van der Waals surface area (Å²) in [5.74, 6) is -13.0. The molecule has 0 spiro atoms. The third-order valence-electron chi connectivity index (χ3n) is 24.5. The minimum absolute atomic E-state index is 0.00221. The molecule has 1 aliphatic carbocycles. The molecule has 5 unspecified atom stereocenters. The Kier molecular flexibility index (Phi) is 30.4. The van der Waals surface area contributed by atoms with Crippen LogP contribution in [0.1, 0.15) is 168 Å². The van der Waals surface area contributed by atoms with Crippen LogP contribution >= 0.6 is 0 Å². The predicted molar refractivity (Wildman–Crippen MR) is 411 cm³/mol. The molecule has 1 aromatic rings. The van der Waals surface area contributed by atoms with Gasteiger partial charge in [0.15, 0.2) is 18.7 Å². The monoisotopic (exact) mass is 1600 g/mol. The Morgan fingerprint density at radius 1 is 0.735 bits per heavy atom. The minimum atomic E-state index is -2.10. The smallest absolute Gasteiger partial charge is 0.407 e. The van der Waals surface area contributed by atoms with Crippen molar-refractivity contribution in [3.05, 3.63) is 76.4 Å². The molecule has 634 valence electrons. The lowest BCUT2D eigenvalue weighted by molar-refractivity contribution is -0.319. The SMILES string of the molecule is C=C1c2c3c(C)c(O)c4c2C(=O)C(N2CCOCC2)=C(NC(=O)/C(C)=C\C=C\[C@H](C)[C@H](O)[C@@H](C)[C@@H](O)[C@@H](C)[C@H](OC(=O)NCCNC(=O)O[C@@H]2[C@@H](C)OC(O[C@@H]5C(C)C(OC6O[C@@H](C)C[C@@H](N(C)C)[C@@H]6O)[C@@](C)(OC)C[C@H](C)C(=O)[C@@H](C)C(O)[C@@](C)(O)[C@H](CC)OC(=O)[C@H]5C)C[C@]2(C)OC)[C@H](C)[C@@H](OC)/C=C/O[C@@]1(C)O3)C4=O. The first kappa shape index (κ1) is 91.6. The number of aliphatic hydroxyl groups excluding tert-OH is 4. The highest BCUT2D eigenvalue weighted by Gasteiger charge is 2.57. The standard InChI is InChI=1S/C82H125N5O26/c1-24-54-81(17,100)71(95)47(10)62(89)41(4)37-79(15,102-22)72(111-76-65(92)52(86(19)20)36-42(5)106-76)48(11)69(49(12)75(97)108-54)109-55-38-80(16,103-23)73(51(14)107-55)112-78(99)84-30-29-83-77(98)110-68-43(6)53(101-21)28-33-105-82(18)50(13)56-57-58(64(91)46(9)70(56)113-82)66(93)59(60(67(57)94)87-31-34-104-35-32-87)85-74(96)40(3)27-25-26-39(2)61(88)44(7)63(90)45(68)8/h25-28,33,39,41-45,47-49,51-55,61,63,65,68-69,71-73,76,88,90-92,95,100H,13,24,29-32,34-38H2,1-12,14-23H3,(H,83,98)(H,84,99)(H,85,96)/b26-25+,33-28+,40-27-/t39-,41-,42-,43+,44+,45+,47+,48?,49-,51+,52+,53-,54-,55?,61-,63+,65-,68+,69+,71?,72?,73+,76?,79-,80-,81-,82-/m0/s1. The van der Waals surface area contributed by atoms with Crippen molar-refractivity contribution in [2.45, 2.75) is 258 Å². The number of nitrogens with zero attached hydrogens (tertiary/aromatic N) is 2. The van der Waals surface area contributed by atoms with Crippen molar-refractivity contribution < 1.29 is 126 Å². The van der Waals surface area contributed by atoms with Crippen molar-refractivity contribution in [2.75, 3.05) is 74.8 Å². The van der Waals surface area contributed by atoms with Crippen molar-refractivity contribution in [1.82, 2.24) is 25.8 Å². The maximum absolute atomic E-state index is 15.1. The van der Waals surface area contributed by atoms with E-state index in [2.05, 4.69) is 22.5 Å². The van der Waals surface area contributed by atoms with Gasteiger partial charge in [0.25, 0.3) is 11.7 Å². The molecule has 0 aromatic heterocycles. The van der Waals surface area contributed by atoms with Crippen LogP contribution in [0.2, 0.25) is 0 Å². The number of phenolic OH excluding ortho intramolecular Hbond substituents is 1. The molecule has 27 atom stereocenters. The second-order valence-corrected chi connectivity index (χ2v) is 32.9. The summed E-state index contributed by atoms with van der Waals surface area (Å²) in [6.45, 7) is 32.5. The number of allylic oxidation sites excluding steroid dienone is 4. The van der Waals surface area contributed by atoms with Gasteiger partial charge in [-0.15, -0.1) is 0 Å². The van der Waals surface area contributed by atoms with Crippen LogP contribution in [0.15, 0.2) is 54.1 Å². The minimum Gasteiger partial charge on any atom is -0.507 e. The van der Waals surface area contributed by atoms with E-state index in [1.807, 2.05) is 25.9 Å². The number of Topliss-reactive ketones (excluding diaryl/α,β-unsaturated/α-hetero) is 3. The highest BCUT2D eigenvalue weighted by atomic mass is 16.7. The van der Waals surface area contributed by atoms with Crippen molar-refractivity contribution in [3.63, 3.8) is 0 Å². The van der Waals surface area contributed by atoms with E-state index in [0.717, 1.165) is 0 Å². The summed E-state index contributed by atoms with van der Waals surface area (Å²) in [5.41, 5.74) is -5.44. The normalized spacial score (nSPS) is 39.9. The molecule has 5 bridgehead atoms. The summed E-state index contributed by atoms with van der Waals surface area (Å²) >= 11 is 0. The molecule has 8 aliphatic rings. The van der Waals surface area contributed by atoms with Gasteiger partial charge >= 0.3 is 18.2 Å². The zero-order chi connectivity index (χ0) is 84.2. The number of phenols is 1. The Bertz CT molecular complexity index is 3740. The first-order valence-electron chi connectivity index (χ1n) is 39.3. The van der Waals surface area contributed by atoms with Gasteiger partial charge in [0.1, 0.15) is 58.2 Å². The fourth-order valence-corrected chi connectivity index (χ4v) is 17.1. The highest BCUT2D eigenvalue weighted by molar-refractivity contribution is 6.30. The molecular formula is C82H125N5O26. The number of methoxy groups -OCH3 is 3. The quantitative estimate of drug-likeness (QED) is 0.0516. The van der Waals surface area contributed by atoms with Gasteiger partial charge in [-0.2, -0.15) is 0 Å².